The molecule has 0 spiro atoms. The van der Waals surface area contributed by atoms with Crippen LogP contribution in [0.4, 0.5) is 5.69 Å². The van der Waals surface area contributed by atoms with E-state index in [9.17, 15) is 4.79 Å². The fraction of sp³-hybridized carbons (Fsp3) is 0.444. The number of piperazine rings is 1. The SMILES string of the molecule is Cn1nncc1CN1CCN(c2ccc3c(=O)n(CCO)cnc3c2)CC1. The molecule has 1 N–H and O–H groups in total. The maximum Gasteiger partial charge on any atom is 0.261 e. The summed E-state index contributed by atoms with van der Waals surface area (Å²) in [7, 11) is 1.91. The van der Waals surface area contributed by atoms with Crippen LogP contribution >= 0.6 is 0 Å². The largest absolute Gasteiger partial charge is 0.395 e. The second-order valence-corrected chi connectivity index (χ2v) is 6.78. The molecule has 1 aliphatic rings. The number of aromatic nitrogens is 5. The molecule has 0 aliphatic carbocycles. The summed E-state index contributed by atoms with van der Waals surface area (Å²) in [4.78, 5) is 21.5. The van der Waals surface area contributed by atoms with Crippen LogP contribution in [-0.4, -0.2) is 67.3 Å². The van der Waals surface area contributed by atoms with Crippen LogP contribution < -0.4 is 10.5 Å². The predicted octanol–water partition coefficient (Wildman–Crippen LogP) is -0.160. The molecule has 1 aromatic carbocycles. The van der Waals surface area contributed by atoms with Gasteiger partial charge >= 0.3 is 0 Å². The lowest BCUT2D eigenvalue weighted by molar-refractivity contribution is 0.244. The second-order valence-electron chi connectivity index (χ2n) is 6.78. The normalized spacial score (nSPS) is 15.6. The van der Waals surface area contributed by atoms with E-state index in [1.54, 1.807) is 0 Å². The first-order chi connectivity index (χ1) is 13.2. The van der Waals surface area contributed by atoms with Gasteiger partial charge in [-0.25, -0.2) is 4.98 Å². The van der Waals surface area contributed by atoms with Crippen molar-refractivity contribution in [2.24, 2.45) is 7.05 Å². The number of hydrogen-bond donors (Lipinski definition) is 1. The molecule has 2 aromatic heterocycles. The Labute approximate surface area is 156 Å². The number of hydrogen-bond acceptors (Lipinski definition) is 7. The first kappa shape index (κ1) is 17.6. The minimum Gasteiger partial charge on any atom is -0.395 e. The monoisotopic (exact) mass is 369 g/mol. The lowest BCUT2D eigenvalue weighted by atomic mass is 10.2. The first-order valence-corrected chi connectivity index (χ1v) is 9.06. The van der Waals surface area contributed by atoms with E-state index in [1.807, 2.05) is 36.1 Å². The highest BCUT2D eigenvalue weighted by atomic mass is 16.3. The van der Waals surface area contributed by atoms with Crippen LogP contribution in [0.3, 0.4) is 0 Å². The summed E-state index contributed by atoms with van der Waals surface area (Å²) in [5.41, 5.74) is 2.76. The van der Waals surface area contributed by atoms with E-state index in [4.69, 9.17) is 5.11 Å². The molecule has 3 heterocycles. The average molecular weight is 369 g/mol. The van der Waals surface area contributed by atoms with E-state index in [2.05, 4.69) is 25.1 Å². The molecule has 0 unspecified atom stereocenters. The molecule has 1 fully saturated rings. The lowest BCUT2D eigenvalue weighted by Crippen LogP contribution is -2.46. The third kappa shape index (κ3) is 3.56. The Kier molecular flexibility index (Phi) is 4.87. The van der Waals surface area contributed by atoms with Crippen LogP contribution in [0.25, 0.3) is 10.9 Å². The summed E-state index contributed by atoms with van der Waals surface area (Å²) in [6.07, 6.45) is 3.31. The molecule has 0 radical (unpaired) electrons. The highest BCUT2D eigenvalue weighted by molar-refractivity contribution is 5.81. The van der Waals surface area contributed by atoms with Gasteiger partial charge in [0.1, 0.15) is 0 Å². The van der Waals surface area contributed by atoms with Crippen molar-refractivity contribution in [1.29, 1.82) is 0 Å². The standard InChI is InChI=1S/C18H23N7O2/c1-22-15(11-20-21-22)12-23-4-6-24(7-5-23)14-2-3-16-17(10-14)19-13-25(8-9-26)18(16)27/h2-3,10-11,13,26H,4-9,12H2,1H3. The number of aryl methyl sites for hydroxylation is 1. The minimum atomic E-state index is -0.116. The van der Waals surface area contributed by atoms with Crippen molar-refractivity contribution in [2.45, 2.75) is 13.1 Å². The summed E-state index contributed by atoms with van der Waals surface area (Å²) in [6.45, 7) is 4.77. The molecule has 9 nitrogen and oxygen atoms in total. The molecule has 142 valence electrons. The maximum absolute atomic E-state index is 12.4. The van der Waals surface area contributed by atoms with Crippen LogP contribution in [0, 0.1) is 0 Å². The third-order valence-corrected chi connectivity index (χ3v) is 5.08. The molecule has 0 atom stereocenters. The molecule has 3 aromatic rings. The fourth-order valence-corrected chi connectivity index (χ4v) is 3.46. The van der Waals surface area contributed by atoms with E-state index in [-0.39, 0.29) is 18.7 Å². The average Bonchev–Trinajstić information content (AvgIpc) is 3.09. The number of anilines is 1. The Bertz CT molecular complexity index is 989. The third-order valence-electron chi connectivity index (χ3n) is 5.08. The van der Waals surface area contributed by atoms with Crippen molar-refractivity contribution in [1.82, 2.24) is 29.4 Å². The Morgan fingerprint density at radius 1 is 1.19 bits per heavy atom. The van der Waals surface area contributed by atoms with Crippen molar-refractivity contribution in [3.05, 3.63) is 46.8 Å². The Morgan fingerprint density at radius 3 is 2.70 bits per heavy atom. The molecule has 1 saturated heterocycles. The fourth-order valence-electron chi connectivity index (χ4n) is 3.46. The molecule has 0 bridgehead atoms. The summed E-state index contributed by atoms with van der Waals surface area (Å²) in [6, 6.07) is 5.79. The number of aliphatic hydroxyl groups is 1. The molecule has 4 rings (SSSR count). The zero-order chi connectivity index (χ0) is 18.8. The molecular formula is C18H23N7O2. The van der Waals surface area contributed by atoms with Crippen molar-refractivity contribution >= 4 is 16.6 Å². The van der Waals surface area contributed by atoms with Crippen LogP contribution in [0.1, 0.15) is 5.69 Å². The van der Waals surface area contributed by atoms with Gasteiger partial charge in [-0.3, -0.25) is 18.9 Å². The molecule has 9 heteroatoms. The quantitative estimate of drug-likeness (QED) is 0.668. The molecule has 0 saturated carbocycles. The van der Waals surface area contributed by atoms with Crippen molar-refractivity contribution in [3.63, 3.8) is 0 Å². The van der Waals surface area contributed by atoms with Gasteiger partial charge in [-0.2, -0.15) is 0 Å². The predicted molar refractivity (Wildman–Crippen MR) is 102 cm³/mol. The van der Waals surface area contributed by atoms with Crippen molar-refractivity contribution in [3.8, 4) is 0 Å². The van der Waals surface area contributed by atoms with Gasteiger partial charge in [-0.15, -0.1) is 5.10 Å². The van der Waals surface area contributed by atoms with Gasteiger partial charge in [-0.1, -0.05) is 5.21 Å². The number of nitrogens with zero attached hydrogens (tertiary/aromatic N) is 7. The number of fused-ring (bicyclic) bond motifs is 1. The van der Waals surface area contributed by atoms with Crippen molar-refractivity contribution < 1.29 is 5.11 Å². The van der Waals surface area contributed by atoms with E-state index in [1.165, 1.54) is 10.9 Å². The molecular weight excluding hydrogens is 346 g/mol. The van der Waals surface area contributed by atoms with E-state index in [0.29, 0.717) is 10.9 Å². The minimum absolute atomic E-state index is 0.0790. The van der Waals surface area contributed by atoms with Gasteiger partial charge in [0.25, 0.3) is 5.56 Å². The molecule has 0 amide bonds. The number of aliphatic hydroxyl groups excluding tert-OH is 1. The summed E-state index contributed by atoms with van der Waals surface area (Å²) >= 11 is 0. The van der Waals surface area contributed by atoms with Gasteiger partial charge in [0.05, 0.1) is 42.3 Å². The van der Waals surface area contributed by atoms with Gasteiger partial charge in [0.15, 0.2) is 0 Å². The highest BCUT2D eigenvalue weighted by Crippen LogP contribution is 2.21. The van der Waals surface area contributed by atoms with Crippen LogP contribution in [0.2, 0.25) is 0 Å². The Hall–Kier alpha value is -2.78. The smallest absolute Gasteiger partial charge is 0.261 e. The first-order valence-electron chi connectivity index (χ1n) is 9.06. The van der Waals surface area contributed by atoms with Crippen molar-refractivity contribution in [2.75, 3.05) is 37.7 Å². The summed E-state index contributed by atoms with van der Waals surface area (Å²) in [5, 5.41) is 17.5. The van der Waals surface area contributed by atoms with Crippen LogP contribution in [-0.2, 0) is 20.1 Å². The molecule has 27 heavy (non-hydrogen) atoms. The van der Waals surface area contributed by atoms with Crippen LogP contribution in [0.15, 0.2) is 35.5 Å². The second kappa shape index (κ2) is 7.45. The maximum atomic E-state index is 12.4. The zero-order valence-electron chi connectivity index (χ0n) is 15.3. The zero-order valence-corrected chi connectivity index (χ0v) is 15.3. The van der Waals surface area contributed by atoms with Crippen LogP contribution in [0.5, 0.6) is 0 Å². The molecule has 1 aliphatic heterocycles. The Balaban J connectivity index is 1.46. The summed E-state index contributed by atoms with van der Waals surface area (Å²) in [5.74, 6) is 0. The van der Waals surface area contributed by atoms with E-state index in [0.717, 1.165) is 44.1 Å². The lowest BCUT2D eigenvalue weighted by Gasteiger charge is -2.36. The number of benzene rings is 1. The van der Waals surface area contributed by atoms with E-state index < -0.39 is 0 Å². The Morgan fingerprint density at radius 2 is 2.00 bits per heavy atom. The highest BCUT2D eigenvalue weighted by Gasteiger charge is 2.19. The van der Waals surface area contributed by atoms with E-state index >= 15 is 0 Å². The van der Waals surface area contributed by atoms with Gasteiger partial charge in [0.2, 0.25) is 0 Å². The topological polar surface area (TPSA) is 92.3 Å². The summed E-state index contributed by atoms with van der Waals surface area (Å²) < 4.78 is 3.25. The van der Waals surface area contributed by atoms with Gasteiger partial charge in [0, 0.05) is 45.5 Å². The number of rotatable bonds is 5. The van der Waals surface area contributed by atoms with Gasteiger partial charge in [-0.05, 0) is 18.2 Å². The van der Waals surface area contributed by atoms with Gasteiger partial charge < -0.3 is 10.0 Å².